The summed E-state index contributed by atoms with van der Waals surface area (Å²) in [5.41, 5.74) is 2.22. The lowest BCUT2D eigenvalue weighted by molar-refractivity contribution is 0.242. The van der Waals surface area contributed by atoms with Gasteiger partial charge in [0.25, 0.3) is 0 Å². The van der Waals surface area contributed by atoms with E-state index in [1.54, 1.807) is 6.07 Å². The van der Waals surface area contributed by atoms with Gasteiger partial charge in [0.15, 0.2) is 0 Å². The van der Waals surface area contributed by atoms with Crippen LogP contribution in [-0.4, -0.2) is 14.9 Å². The molecule has 0 aliphatic heterocycles. The van der Waals surface area contributed by atoms with Crippen LogP contribution in [0.4, 0.5) is 0 Å². The molecule has 0 saturated carbocycles. The minimum absolute atomic E-state index is 0.0750. The largest absolute Gasteiger partial charge is 0.462 e. The Bertz CT molecular complexity index is 656. The van der Waals surface area contributed by atoms with Gasteiger partial charge in [-0.15, -0.1) is 0 Å². The Kier molecular flexibility index (Phi) is 3.16. The molecule has 0 fully saturated rings. The minimum Gasteiger partial charge on any atom is -0.462 e. The molecule has 19 heavy (non-hydrogen) atoms. The fraction of sp³-hybridized carbons (Fsp3) is 0.133. The number of aliphatic hydroxyl groups is 1. The Labute approximate surface area is 110 Å². The molecule has 0 saturated heterocycles. The van der Waals surface area contributed by atoms with E-state index in [0.717, 1.165) is 16.9 Å². The van der Waals surface area contributed by atoms with E-state index in [-0.39, 0.29) is 6.61 Å². The van der Waals surface area contributed by atoms with Crippen LogP contribution < -0.4 is 0 Å². The van der Waals surface area contributed by atoms with Crippen LogP contribution in [0.25, 0.3) is 11.1 Å². The van der Waals surface area contributed by atoms with Gasteiger partial charge in [-0.2, -0.15) is 5.10 Å². The average Bonchev–Trinajstić information content (AvgIpc) is 3.09. The predicted octanol–water partition coefficient (Wildman–Crippen LogP) is 2.68. The molecular formula is C15H14N2O2. The van der Waals surface area contributed by atoms with E-state index in [0.29, 0.717) is 12.3 Å². The molecular weight excluding hydrogens is 240 g/mol. The van der Waals surface area contributed by atoms with Gasteiger partial charge in [-0.3, -0.25) is 4.68 Å². The number of nitrogens with zero attached hydrogens (tertiary/aromatic N) is 2. The number of aromatic nitrogens is 2. The van der Waals surface area contributed by atoms with Crippen molar-refractivity contribution in [3.8, 4) is 11.1 Å². The van der Waals surface area contributed by atoms with Crippen LogP contribution in [0.1, 0.15) is 11.5 Å². The van der Waals surface area contributed by atoms with E-state index in [2.05, 4.69) is 17.2 Å². The Morgan fingerprint density at radius 3 is 2.53 bits per heavy atom. The molecule has 0 spiro atoms. The van der Waals surface area contributed by atoms with Gasteiger partial charge in [0, 0.05) is 11.8 Å². The fourth-order valence-corrected chi connectivity index (χ4v) is 1.98. The van der Waals surface area contributed by atoms with Crippen molar-refractivity contribution >= 4 is 0 Å². The first-order chi connectivity index (χ1) is 9.35. The summed E-state index contributed by atoms with van der Waals surface area (Å²) in [6, 6.07) is 13.7. The summed E-state index contributed by atoms with van der Waals surface area (Å²) < 4.78 is 7.26. The van der Waals surface area contributed by atoms with Crippen molar-refractivity contribution < 1.29 is 9.52 Å². The highest BCUT2D eigenvalue weighted by molar-refractivity contribution is 5.61. The topological polar surface area (TPSA) is 51.2 Å². The predicted molar refractivity (Wildman–Crippen MR) is 71.4 cm³/mol. The molecule has 4 nitrogen and oxygen atoms in total. The van der Waals surface area contributed by atoms with Gasteiger partial charge in [0.05, 0.1) is 12.7 Å². The number of rotatable bonds is 4. The van der Waals surface area contributed by atoms with Crippen LogP contribution in [0.5, 0.6) is 0 Å². The summed E-state index contributed by atoms with van der Waals surface area (Å²) in [6.45, 7) is 0.487. The lowest BCUT2D eigenvalue weighted by Gasteiger charge is -1.98. The van der Waals surface area contributed by atoms with Crippen LogP contribution >= 0.6 is 0 Å². The van der Waals surface area contributed by atoms with Crippen LogP contribution in [0.15, 0.2) is 59.3 Å². The van der Waals surface area contributed by atoms with Crippen molar-refractivity contribution in [3.05, 3.63) is 66.4 Å². The fourth-order valence-electron chi connectivity index (χ4n) is 1.98. The second-order valence-corrected chi connectivity index (χ2v) is 4.32. The lowest BCUT2D eigenvalue weighted by atomic mass is 10.1. The van der Waals surface area contributed by atoms with Gasteiger partial charge in [-0.05, 0) is 17.7 Å². The third-order valence-corrected chi connectivity index (χ3v) is 2.93. The van der Waals surface area contributed by atoms with Crippen LogP contribution in [-0.2, 0) is 13.2 Å². The van der Waals surface area contributed by atoms with Crippen molar-refractivity contribution in [2.24, 2.45) is 0 Å². The van der Waals surface area contributed by atoms with Gasteiger partial charge in [-0.1, -0.05) is 30.3 Å². The zero-order chi connectivity index (χ0) is 13.1. The quantitative estimate of drug-likeness (QED) is 0.778. The molecule has 0 bridgehead atoms. The third kappa shape index (κ3) is 2.58. The highest BCUT2D eigenvalue weighted by Gasteiger charge is 2.05. The van der Waals surface area contributed by atoms with Crippen LogP contribution in [0.3, 0.4) is 0 Å². The first-order valence-corrected chi connectivity index (χ1v) is 6.11. The van der Waals surface area contributed by atoms with Crippen molar-refractivity contribution in [3.63, 3.8) is 0 Å². The molecule has 2 aromatic heterocycles. The molecule has 1 N–H and O–H groups in total. The van der Waals surface area contributed by atoms with E-state index in [1.165, 1.54) is 0 Å². The summed E-state index contributed by atoms with van der Waals surface area (Å²) in [5, 5.41) is 13.3. The molecule has 0 unspecified atom stereocenters. The number of hydrogen-bond acceptors (Lipinski definition) is 3. The van der Waals surface area contributed by atoms with Crippen molar-refractivity contribution in [2.45, 2.75) is 13.2 Å². The first-order valence-electron chi connectivity index (χ1n) is 6.11. The molecule has 3 rings (SSSR count). The van der Waals surface area contributed by atoms with Gasteiger partial charge in [0.2, 0.25) is 0 Å². The van der Waals surface area contributed by atoms with Crippen molar-refractivity contribution in [2.75, 3.05) is 0 Å². The highest BCUT2D eigenvalue weighted by Crippen LogP contribution is 2.18. The SMILES string of the molecule is OCc1ccc(Cn2cc(-c3ccccc3)cn2)o1. The summed E-state index contributed by atoms with van der Waals surface area (Å²) in [7, 11) is 0. The molecule has 0 amide bonds. The Hall–Kier alpha value is -2.33. The van der Waals surface area contributed by atoms with E-state index < -0.39 is 0 Å². The number of benzene rings is 1. The molecule has 0 atom stereocenters. The van der Waals surface area contributed by atoms with Crippen molar-refractivity contribution in [1.29, 1.82) is 0 Å². The number of furan rings is 1. The van der Waals surface area contributed by atoms with E-state index in [4.69, 9.17) is 9.52 Å². The zero-order valence-electron chi connectivity index (χ0n) is 10.4. The average molecular weight is 254 g/mol. The number of aliphatic hydroxyl groups excluding tert-OH is 1. The molecule has 3 aromatic rings. The molecule has 2 heterocycles. The normalized spacial score (nSPS) is 10.8. The van der Waals surface area contributed by atoms with E-state index >= 15 is 0 Å². The molecule has 0 radical (unpaired) electrons. The molecule has 96 valence electrons. The summed E-state index contributed by atoms with van der Waals surface area (Å²) in [4.78, 5) is 0. The van der Waals surface area contributed by atoms with Crippen molar-refractivity contribution in [1.82, 2.24) is 9.78 Å². The maximum Gasteiger partial charge on any atom is 0.129 e. The second-order valence-electron chi connectivity index (χ2n) is 4.32. The van der Waals surface area contributed by atoms with Gasteiger partial charge in [0.1, 0.15) is 18.1 Å². The van der Waals surface area contributed by atoms with Gasteiger partial charge >= 0.3 is 0 Å². The number of hydrogen-bond donors (Lipinski definition) is 1. The Morgan fingerprint density at radius 1 is 1.00 bits per heavy atom. The molecule has 0 aliphatic carbocycles. The maximum absolute atomic E-state index is 8.95. The first kappa shape index (κ1) is 11.7. The van der Waals surface area contributed by atoms with Crippen LogP contribution in [0, 0.1) is 0 Å². The summed E-state index contributed by atoms with van der Waals surface area (Å²) in [5.74, 6) is 1.36. The summed E-state index contributed by atoms with van der Waals surface area (Å²) >= 11 is 0. The molecule has 1 aromatic carbocycles. The lowest BCUT2D eigenvalue weighted by Crippen LogP contribution is -1.98. The second kappa shape index (κ2) is 5.12. The minimum atomic E-state index is -0.0750. The van der Waals surface area contributed by atoms with E-state index in [9.17, 15) is 0 Å². The Morgan fingerprint density at radius 2 is 1.79 bits per heavy atom. The monoisotopic (exact) mass is 254 g/mol. The van der Waals surface area contributed by atoms with Crippen LogP contribution in [0.2, 0.25) is 0 Å². The third-order valence-electron chi connectivity index (χ3n) is 2.93. The van der Waals surface area contributed by atoms with E-state index in [1.807, 2.05) is 41.3 Å². The van der Waals surface area contributed by atoms with Gasteiger partial charge < -0.3 is 9.52 Å². The molecule has 4 heteroatoms. The maximum atomic E-state index is 8.95. The van der Waals surface area contributed by atoms with Gasteiger partial charge in [-0.25, -0.2) is 0 Å². The smallest absolute Gasteiger partial charge is 0.129 e. The summed E-state index contributed by atoms with van der Waals surface area (Å²) in [6.07, 6.45) is 3.82. The molecule has 0 aliphatic rings. The zero-order valence-corrected chi connectivity index (χ0v) is 10.4. The Balaban J connectivity index is 1.78. The standard InChI is InChI=1S/C15H14N2O2/c18-11-15-7-6-14(19-15)10-17-9-13(8-16-17)12-4-2-1-3-5-12/h1-9,18H,10-11H2. The highest BCUT2D eigenvalue weighted by atomic mass is 16.4.